The van der Waals surface area contributed by atoms with Crippen molar-refractivity contribution in [2.75, 3.05) is 0 Å². The number of sulfonamides is 1. The van der Waals surface area contributed by atoms with Gasteiger partial charge in [0.15, 0.2) is 0 Å². The molecule has 0 radical (unpaired) electrons. The van der Waals surface area contributed by atoms with E-state index >= 15 is 0 Å². The van der Waals surface area contributed by atoms with Crippen molar-refractivity contribution in [1.29, 1.82) is 0 Å². The van der Waals surface area contributed by atoms with Crippen LogP contribution in [0.4, 0.5) is 30.7 Å². The zero-order valence-electron chi connectivity index (χ0n) is 20.1. The Morgan fingerprint density at radius 2 is 1.40 bits per heavy atom. The summed E-state index contributed by atoms with van der Waals surface area (Å²) in [4.78, 5) is 3.32. The molecule has 0 saturated heterocycles. The van der Waals surface area contributed by atoms with E-state index in [2.05, 4.69) is 9.71 Å². The zero-order valence-corrected chi connectivity index (χ0v) is 21.6. The predicted molar refractivity (Wildman–Crippen MR) is 133 cm³/mol. The molecule has 0 aliphatic carbocycles. The summed E-state index contributed by atoms with van der Waals surface area (Å²) in [5, 5.41) is 0.105. The van der Waals surface area contributed by atoms with E-state index < -0.39 is 61.7 Å². The van der Waals surface area contributed by atoms with Crippen LogP contribution in [0.1, 0.15) is 27.9 Å². The number of nitrogens with one attached hydrogen (secondary N) is 1. The molecule has 40 heavy (non-hydrogen) atoms. The highest BCUT2D eigenvalue weighted by Gasteiger charge is 2.43. The number of benzene rings is 3. The van der Waals surface area contributed by atoms with Gasteiger partial charge in [0.2, 0.25) is 10.0 Å². The van der Waals surface area contributed by atoms with Crippen LogP contribution in [0.25, 0.3) is 0 Å². The molecule has 0 bridgehead atoms. The molecule has 0 amide bonds. The van der Waals surface area contributed by atoms with Gasteiger partial charge < -0.3 is 0 Å². The maximum absolute atomic E-state index is 14.7. The van der Waals surface area contributed by atoms with Gasteiger partial charge in [0.1, 0.15) is 11.4 Å². The quantitative estimate of drug-likeness (QED) is 0.225. The fourth-order valence-electron chi connectivity index (χ4n) is 4.15. The molecule has 1 N–H and O–H groups in total. The lowest BCUT2D eigenvalue weighted by atomic mass is 9.81. The van der Waals surface area contributed by atoms with Crippen LogP contribution in [0.15, 0.2) is 96.0 Å². The highest BCUT2D eigenvalue weighted by molar-refractivity contribution is 7.89. The standard InChI is InChI=1S/C27H18ClF7N2O2S/c28-21-9-10-24(36-16-21)25(15-17-5-2-1-3-6-17,19-11-20(27(33,34)35)13-22(29)12-19)37-40(38,39)23-8-4-7-18(14-23)26(30,31)32/h1-14,16,37H,15H2/t25-/m1/s1. The molecular formula is C27H18ClF7N2O2S. The highest BCUT2D eigenvalue weighted by atomic mass is 35.5. The van der Waals surface area contributed by atoms with Gasteiger partial charge in [-0.25, -0.2) is 12.8 Å². The van der Waals surface area contributed by atoms with Crippen molar-refractivity contribution in [1.82, 2.24) is 9.71 Å². The van der Waals surface area contributed by atoms with Crippen molar-refractivity contribution < 1.29 is 39.2 Å². The summed E-state index contributed by atoms with van der Waals surface area (Å²) in [6.07, 6.45) is -9.18. The van der Waals surface area contributed by atoms with E-state index in [1.54, 1.807) is 30.3 Å². The lowest BCUT2D eigenvalue weighted by Gasteiger charge is -2.35. The molecule has 0 aliphatic heterocycles. The third-order valence-electron chi connectivity index (χ3n) is 5.97. The summed E-state index contributed by atoms with van der Waals surface area (Å²) in [5.41, 5.74) is -5.19. The first-order valence-corrected chi connectivity index (χ1v) is 13.2. The Labute approximate surface area is 229 Å². The molecule has 13 heteroatoms. The fraction of sp³-hybridized carbons (Fsp3) is 0.148. The van der Waals surface area contributed by atoms with Crippen molar-refractivity contribution in [3.05, 3.63) is 130 Å². The highest BCUT2D eigenvalue weighted by Crippen LogP contribution is 2.39. The number of nitrogens with zero attached hydrogens (tertiary/aromatic N) is 1. The monoisotopic (exact) mass is 602 g/mol. The van der Waals surface area contributed by atoms with E-state index in [4.69, 9.17) is 11.6 Å². The fourth-order valence-corrected chi connectivity index (χ4v) is 5.67. The molecular weight excluding hydrogens is 585 g/mol. The molecule has 4 aromatic rings. The number of pyridine rings is 1. The molecule has 0 spiro atoms. The Hall–Kier alpha value is -3.48. The van der Waals surface area contributed by atoms with Crippen molar-refractivity contribution >= 4 is 21.6 Å². The largest absolute Gasteiger partial charge is 0.416 e. The van der Waals surface area contributed by atoms with Gasteiger partial charge in [-0.1, -0.05) is 48.0 Å². The molecule has 0 unspecified atom stereocenters. The molecule has 0 aliphatic rings. The minimum Gasteiger partial charge on any atom is -0.257 e. The van der Waals surface area contributed by atoms with E-state index in [0.29, 0.717) is 29.8 Å². The Kier molecular flexibility index (Phi) is 7.99. The van der Waals surface area contributed by atoms with Gasteiger partial charge in [-0.05, 0) is 59.7 Å². The van der Waals surface area contributed by atoms with E-state index in [-0.39, 0.29) is 16.8 Å². The van der Waals surface area contributed by atoms with Crippen molar-refractivity contribution in [3.63, 3.8) is 0 Å². The summed E-state index contributed by atoms with van der Waals surface area (Å²) in [7, 11) is -4.92. The van der Waals surface area contributed by atoms with E-state index in [1.807, 2.05) is 0 Å². The minimum atomic E-state index is -5.01. The summed E-state index contributed by atoms with van der Waals surface area (Å²) < 4.78 is 126. The van der Waals surface area contributed by atoms with E-state index in [1.165, 1.54) is 12.1 Å². The van der Waals surface area contributed by atoms with Gasteiger partial charge >= 0.3 is 12.4 Å². The van der Waals surface area contributed by atoms with E-state index in [0.717, 1.165) is 18.3 Å². The third-order valence-corrected chi connectivity index (χ3v) is 7.69. The number of hydrogen-bond acceptors (Lipinski definition) is 3. The van der Waals surface area contributed by atoms with Crippen LogP contribution in [0, 0.1) is 5.82 Å². The smallest absolute Gasteiger partial charge is 0.257 e. The first-order valence-electron chi connectivity index (χ1n) is 11.4. The lowest BCUT2D eigenvalue weighted by molar-refractivity contribution is -0.138. The SMILES string of the molecule is O=S(=O)(N[C@](Cc1ccccc1)(c1cc(F)cc(C(F)(F)F)c1)c1ccc(Cl)cn1)c1cccc(C(F)(F)F)c1. The second kappa shape index (κ2) is 10.8. The Morgan fingerprint density at radius 1 is 0.750 bits per heavy atom. The number of halogens is 8. The molecule has 4 rings (SSSR count). The summed E-state index contributed by atoms with van der Waals surface area (Å²) in [6.45, 7) is 0. The maximum atomic E-state index is 14.7. The summed E-state index contributed by atoms with van der Waals surface area (Å²) >= 11 is 5.95. The minimum absolute atomic E-state index is 0.105. The van der Waals surface area contributed by atoms with Crippen LogP contribution in [-0.2, 0) is 34.3 Å². The topological polar surface area (TPSA) is 59.1 Å². The molecule has 1 heterocycles. The van der Waals surface area contributed by atoms with Gasteiger partial charge in [0.05, 0.1) is 26.7 Å². The van der Waals surface area contributed by atoms with Gasteiger partial charge in [-0.3, -0.25) is 4.98 Å². The third kappa shape index (κ3) is 6.45. The molecule has 1 aromatic heterocycles. The van der Waals surface area contributed by atoms with Crippen LogP contribution in [0.3, 0.4) is 0 Å². The average Bonchev–Trinajstić information content (AvgIpc) is 2.88. The second-order valence-corrected chi connectivity index (χ2v) is 10.9. The van der Waals surface area contributed by atoms with Crippen LogP contribution in [0.2, 0.25) is 5.02 Å². The Morgan fingerprint density at radius 3 is 2.00 bits per heavy atom. The number of rotatable bonds is 7. The molecule has 3 aromatic carbocycles. The van der Waals surface area contributed by atoms with Crippen LogP contribution < -0.4 is 4.72 Å². The van der Waals surface area contributed by atoms with Crippen LogP contribution in [0.5, 0.6) is 0 Å². The maximum Gasteiger partial charge on any atom is 0.416 e. The summed E-state index contributed by atoms with van der Waals surface area (Å²) in [5.74, 6) is -1.32. The Bertz CT molecular complexity index is 1610. The first-order chi connectivity index (χ1) is 18.6. The van der Waals surface area contributed by atoms with Gasteiger partial charge in [0, 0.05) is 12.6 Å². The molecule has 0 saturated carbocycles. The second-order valence-electron chi connectivity index (χ2n) is 8.79. The number of aromatic nitrogens is 1. The van der Waals surface area contributed by atoms with Gasteiger partial charge in [-0.15, -0.1) is 0 Å². The average molecular weight is 603 g/mol. The van der Waals surface area contributed by atoms with Gasteiger partial charge in [0.25, 0.3) is 0 Å². The van der Waals surface area contributed by atoms with Crippen LogP contribution in [-0.4, -0.2) is 13.4 Å². The molecule has 210 valence electrons. The Balaban J connectivity index is 2.03. The normalized spacial score (nSPS) is 14.1. The number of alkyl halides is 6. The summed E-state index contributed by atoms with van der Waals surface area (Å²) in [6, 6.07) is 14.8. The first kappa shape index (κ1) is 29.5. The molecule has 1 atom stereocenters. The number of hydrogen-bond donors (Lipinski definition) is 1. The zero-order chi connectivity index (χ0) is 29.3. The van der Waals surface area contributed by atoms with Gasteiger partial charge in [-0.2, -0.15) is 31.1 Å². The molecule has 4 nitrogen and oxygen atoms in total. The van der Waals surface area contributed by atoms with Crippen LogP contribution >= 0.6 is 11.6 Å². The predicted octanol–water partition coefficient (Wildman–Crippen LogP) is 7.38. The van der Waals surface area contributed by atoms with E-state index in [9.17, 15) is 39.2 Å². The van der Waals surface area contributed by atoms with Crippen molar-refractivity contribution in [2.45, 2.75) is 29.2 Å². The van der Waals surface area contributed by atoms with Crippen molar-refractivity contribution in [2.24, 2.45) is 0 Å². The lowest BCUT2D eigenvalue weighted by Crippen LogP contribution is -2.49. The molecule has 0 fully saturated rings. The van der Waals surface area contributed by atoms with Crippen molar-refractivity contribution in [3.8, 4) is 0 Å².